The van der Waals surface area contributed by atoms with Crippen LogP contribution < -0.4 is 5.32 Å². The minimum absolute atomic E-state index is 0.0260. The molecular formula is C22H19N5O2. The number of carbonyl (C=O) groups is 1. The molecule has 0 aliphatic rings. The summed E-state index contributed by atoms with van der Waals surface area (Å²) < 4.78 is 5.56. The molecule has 7 heteroatoms. The lowest BCUT2D eigenvalue weighted by molar-refractivity contribution is 0.102. The molecular weight excluding hydrogens is 366 g/mol. The number of hydrogen-bond donors (Lipinski definition) is 1. The Morgan fingerprint density at radius 1 is 1.03 bits per heavy atom. The minimum Gasteiger partial charge on any atom is -0.402 e. The molecule has 144 valence electrons. The highest BCUT2D eigenvalue weighted by atomic mass is 16.4. The van der Waals surface area contributed by atoms with E-state index in [-0.39, 0.29) is 23.4 Å². The summed E-state index contributed by atoms with van der Waals surface area (Å²) in [6.07, 6.45) is 3.63. The van der Waals surface area contributed by atoms with Crippen LogP contribution in [0.25, 0.3) is 11.1 Å². The number of benzene rings is 2. The van der Waals surface area contributed by atoms with Crippen LogP contribution in [-0.4, -0.2) is 35.1 Å². The van der Waals surface area contributed by atoms with Crippen molar-refractivity contribution in [3.63, 3.8) is 0 Å². The third-order valence-electron chi connectivity index (χ3n) is 3.90. The van der Waals surface area contributed by atoms with E-state index in [2.05, 4.69) is 21.6 Å². The average molecular weight is 385 g/mol. The van der Waals surface area contributed by atoms with Crippen LogP contribution in [0.2, 0.25) is 0 Å². The summed E-state index contributed by atoms with van der Waals surface area (Å²) >= 11 is 0. The zero-order valence-corrected chi connectivity index (χ0v) is 16.0. The van der Waals surface area contributed by atoms with Crippen LogP contribution in [0.1, 0.15) is 21.8 Å². The molecule has 2 aromatic carbocycles. The first kappa shape index (κ1) is 19.6. The number of anilines is 1. The van der Waals surface area contributed by atoms with E-state index >= 15 is 0 Å². The average Bonchev–Trinajstić information content (AvgIpc) is 3.20. The molecule has 0 radical (unpaired) electrons. The molecule has 0 saturated heterocycles. The van der Waals surface area contributed by atoms with E-state index in [4.69, 9.17) is 4.42 Å². The molecule has 0 unspecified atom stereocenters. The first-order chi connectivity index (χ1) is 14.1. The van der Waals surface area contributed by atoms with Gasteiger partial charge in [0.1, 0.15) is 11.6 Å². The lowest BCUT2D eigenvalue weighted by Crippen LogP contribution is -2.11. The number of allylic oxidation sites excluding steroid dienone is 3. The van der Waals surface area contributed by atoms with Crippen LogP contribution in [0.15, 0.2) is 77.4 Å². The second kappa shape index (κ2) is 9.15. The van der Waals surface area contributed by atoms with Crippen molar-refractivity contribution >= 4 is 23.1 Å². The van der Waals surface area contributed by atoms with Crippen molar-refractivity contribution in [2.75, 3.05) is 19.4 Å². The van der Waals surface area contributed by atoms with Crippen LogP contribution in [0, 0.1) is 11.3 Å². The van der Waals surface area contributed by atoms with Gasteiger partial charge in [0.2, 0.25) is 0 Å². The number of aromatic nitrogens is 2. The van der Waals surface area contributed by atoms with Gasteiger partial charge in [-0.05, 0) is 30.0 Å². The predicted octanol–water partition coefficient (Wildman–Crippen LogP) is 3.83. The topological polar surface area (TPSA) is 95.0 Å². The second-order valence-corrected chi connectivity index (χ2v) is 6.28. The number of carbonyl (C=O) groups excluding carboxylic acids is 1. The molecule has 3 rings (SSSR count). The fourth-order valence-corrected chi connectivity index (χ4v) is 2.52. The summed E-state index contributed by atoms with van der Waals surface area (Å²) in [5.74, 6) is -0.350. The largest absolute Gasteiger partial charge is 0.402 e. The second-order valence-electron chi connectivity index (χ2n) is 6.28. The smallest absolute Gasteiger partial charge is 0.322 e. The van der Waals surface area contributed by atoms with Crippen molar-refractivity contribution in [1.29, 1.82) is 5.26 Å². The highest BCUT2D eigenvalue weighted by Crippen LogP contribution is 2.27. The van der Waals surface area contributed by atoms with Crippen LogP contribution in [0.4, 0.5) is 6.01 Å². The summed E-state index contributed by atoms with van der Waals surface area (Å²) in [5, 5.41) is 20.1. The number of nitriles is 1. The van der Waals surface area contributed by atoms with Gasteiger partial charge in [0, 0.05) is 25.2 Å². The number of nitrogens with zero attached hydrogens (tertiary/aromatic N) is 4. The molecule has 0 saturated carbocycles. The SMILES string of the molecule is CN(C)/C=C/C(=C(\C#N)c1nnc(NC(=O)c2ccccc2)o1)c1ccccc1. The lowest BCUT2D eigenvalue weighted by Gasteiger charge is -2.08. The maximum absolute atomic E-state index is 12.3. The molecule has 0 spiro atoms. The number of nitrogens with one attached hydrogen (secondary N) is 1. The van der Waals surface area contributed by atoms with Gasteiger partial charge in [-0.1, -0.05) is 53.6 Å². The molecule has 3 aromatic rings. The fourth-order valence-electron chi connectivity index (χ4n) is 2.52. The molecule has 7 nitrogen and oxygen atoms in total. The van der Waals surface area contributed by atoms with Gasteiger partial charge < -0.3 is 9.32 Å². The van der Waals surface area contributed by atoms with Crippen molar-refractivity contribution in [2.45, 2.75) is 0 Å². The Morgan fingerprint density at radius 2 is 1.66 bits per heavy atom. The van der Waals surface area contributed by atoms with Crippen LogP contribution in [-0.2, 0) is 0 Å². The summed E-state index contributed by atoms with van der Waals surface area (Å²) in [6.45, 7) is 0. The van der Waals surface area contributed by atoms with Crippen LogP contribution in [0.5, 0.6) is 0 Å². The highest BCUT2D eigenvalue weighted by Gasteiger charge is 2.18. The van der Waals surface area contributed by atoms with Gasteiger partial charge in [0.25, 0.3) is 11.8 Å². The third-order valence-corrected chi connectivity index (χ3v) is 3.90. The number of hydrogen-bond acceptors (Lipinski definition) is 6. The van der Waals surface area contributed by atoms with Gasteiger partial charge in [-0.3, -0.25) is 10.1 Å². The van der Waals surface area contributed by atoms with E-state index in [1.54, 1.807) is 30.3 Å². The van der Waals surface area contributed by atoms with Crippen LogP contribution >= 0.6 is 0 Å². The molecule has 0 atom stereocenters. The lowest BCUT2D eigenvalue weighted by atomic mass is 10.0. The van der Waals surface area contributed by atoms with E-state index in [0.717, 1.165) is 5.56 Å². The summed E-state index contributed by atoms with van der Waals surface area (Å²) in [7, 11) is 3.77. The number of rotatable bonds is 6. The Balaban J connectivity index is 1.95. The van der Waals surface area contributed by atoms with E-state index in [9.17, 15) is 10.1 Å². The molecule has 1 aromatic heterocycles. The molecule has 29 heavy (non-hydrogen) atoms. The zero-order chi connectivity index (χ0) is 20.6. The first-order valence-corrected chi connectivity index (χ1v) is 8.83. The summed E-state index contributed by atoms with van der Waals surface area (Å²) in [6, 6.07) is 20.2. The molecule has 1 heterocycles. The van der Waals surface area contributed by atoms with Gasteiger partial charge in [0.05, 0.1) is 0 Å². The third kappa shape index (κ3) is 4.96. The van der Waals surface area contributed by atoms with E-state index < -0.39 is 0 Å². The summed E-state index contributed by atoms with van der Waals surface area (Å²) in [4.78, 5) is 14.1. The minimum atomic E-state index is -0.376. The van der Waals surface area contributed by atoms with Gasteiger partial charge in [-0.15, -0.1) is 5.10 Å². The van der Waals surface area contributed by atoms with E-state index in [1.807, 2.05) is 61.6 Å². The van der Waals surface area contributed by atoms with Gasteiger partial charge in [0.15, 0.2) is 0 Å². The molecule has 0 aliphatic heterocycles. The normalized spacial score (nSPS) is 11.6. The molecule has 1 N–H and O–H groups in total. The Morgan fingerprint density at radius 3 is 2.24 bits per heavy atom. The molecule has 1 amide bonds. The molecule has 0 bridgehead atoms. The Kier molecular flexibility index (Phi) is 6.18. The Hall–Kier alpha value is -4.18. The van der Waals surface area contributed by atoms with Crippen molar-refractivity contribution in [2.24, 2.45) is 0 Å². The molecule has 0 aliphatic carbocycles. The Bertz CT molecular complexity index is 1080. The van der Waals surface area contributed by atoms with Crippen molar-refractivity contribution < 1.29 is 9.21 Å². The quantitative estimate of drug-likeness (QED) is 0.512. The predicted molar refractivity (Wildman–Crippen MR) is 110 cm³/mol. The summed E-state index contributed by atoms with van der Waals surface area (Å²) in [5.41, 5.74) is 2.13. The van der Waals surface area contributed by atoms with Gasteiger partial charge in [-0.25, -0.2) is 0 Å². The highest BCUT2D eigenvalue weighted by molar-refractivity contribution is 6.03. The number of amides is 1. The maximum Gasteiger partial charge on any atom is 0.322 e. The fraction of sp³-hybridized carbons (Fsp3) is 0.0909. The molecule has 0 fully saturated rings. The van der Waals surface area contributed by atoms with Crippen molar-refractivity contribution in [3.05, 3.63) is 90.0 Å². The maximum atomic E-state index is 12.3. The van der Waals surface area contributed by atoms with Crippen LogP contribution in [0.3, 0.4) is 0 Å². The van der Waals surface area contributed by atoms with Crippen molar-refractivity contribution in [3.8, 4) is 6.07 Å². The van der Waals surface area contributed by atoms with Gasteiger partial charge in [-0.2, -0.15) is 5.26 Å². The van der Waals surface area contributed by atoms with E-state index in [1.165, 1.54) is 0 Å². The standard InChI is InChI=1S/C22H19N5O2/c1-27(2)14-13-18(16-9-5-3-6-10-16)19(15-23)21-25-26-22(29-21)24-20(28)17-11-7-4-8-12-17/h3-14H,1-2H3,(H,24,26,28)/b14-13+,19-18-. The van der Waals surface area contributed by atoms with Crippen molar-refractivity contribution in [1.82, 2.24) is 15.1 Å². The Labute approximate surface area is 168 Å². The van der Waals surface area contributed by atoms with E-state index in [0.29, 0.717) is 11.1 Å². The zero-order valence-electron chi connectivity index (χ0n) is 16.0. The monoisotopic (exact) mass is 385 g/mol. The first-order valence-electron chi connectivity index (χ1n) is 8.83. The van der Waals surface area contributed by atoms with Gasteiger partial charge >= 0.3 is 6.01 Å².